The number of aliphatic hydroxyl groups excluding tert-OH is 2. The summed E-state index contributed by atoms with van der Waals surface area (Å²) in [5.41, 5.74) is -1.49. The molecule has 0 unspecified atom stereocenters. The van der Waals surface area contributed by atoms with Crippen LogP contribution in [0.4, 0.5) is 0 Å². The molecule has 326 valence electrons. The van der Waals surface area contributed by atoms with Crippen LogP contribution in [0.15, 0.2) is 24.3 Å². The van der Waals surface area contributed by atoms with Gasteiger partial charge in [-0.15, -0.1) is 0 Å². The molecule has 0 aromatic rings. The lowest BCUT2D eigenvalue weighted by Gasteiger charge is -2.50. The number of esters is 3. The van der Waals surface area contributed by atoms with Crippen molar-refractivity contribution in [3.63, 3.8) is 0 Å². The molecular weight excluding hydrogens is 746 g/mol. The van der Waals surface area contributed by atoms with Gasteiger partial charge in [0.1, 0.15) is 42.4 Å². The largest absolute Gasteiger partial charge is 0.462 e. The molecule has 0 amide bonds. The van der Waals surface area contributed by atoms with Gasteiger partial charge in [0.05, 0.1) is 36.9 Å². The Balaban J connectivity index is 2.01. The highest BCUT2D eigenvalue weighted by atomic mass is 16.7. The Labute approximate surface area is 337 Å². The van der Waals surface area contributed by atoms with Crippen LogP contribution in [0, 0.1) is 11.8 Å². The molecule has 3 heterocycles. The van der Waals surface area contributed by atoms with Crippen LogP contribution in [0.1, 0.15) is 93.4 Å². The number of aliphatic hydroxyl groups is 3. The summed E-state index contributed by atoms with van der Waals surface area (Å²) in [6, 6.07) is -0.779. The van der Waals surface area contributed by atoms with E-state index in [9.17, 15) is 34.5 Å². The van der Waals surface area contributed by atoms with Crippen LogP contribution in [-0.2, 0) is 57.1 Å². The average Bonchev–Trinajstić information content (AvgIpc) is 3.13. The summed E-state index contributed by atoms with van der Waals surface area (Å²) in [4.78, 5) is 52.3. The van der Waals surface area contributed by atoms with Crippen LogP contribution in [-0.4, -0.2) is 151 Å². The lowest BCUT2D eigenvalue weighted by atomic mass is 9.82. The maximum Gasteiger partial charge on any atom is 0.309 e. The molecule has 3 aliphatic heterocycles. The fourth-order valence-electron chi connectivity index (χ4n) is 7.82. The Morgan fingerprint density at radius 3 is 2.23 bits per heavy atom. The van der Waals surface area contributed by atoms with Crippen LogP contribution < -0.4 is 0 Å². The van der Waals surface area contributed by atoms with Crippen LogP contribution >= 0.6 is 0 Å². The lowest BCUT2D eigenvalue weighted by molar-refractivity contribution is -0.344. The maximum atomic E-state index is 13.3. The summed E-state index contributed by atoms with van der Waals surface area (Å²) < 4.78 is 48.5. The average molecular weight is 814 g/mol. The van der Waals surface area contributed by atoms with Gasteiger partial charge in [-0.1, -0.05) is 45.1 Å². The number of ether oxygens (including phenoxy) is 8. The van der Waals surface area contributed by atoms with Gasteiger partial charge in [0.25, 0.3) is 0 Å². The summed E-state index contributed by atoms with van der Waals surface area (Å²) in [5.74, 6) is -2.82. The fourth-order valence-corrected chi connectivity index (χ4v) is 7.82. The van der Waals surface area contributed by atoms with E-state index in [1.807, 2.05) is 13.0 Å². The van der Waals surface area contributed by atoms with Crippen molar-refractivity contribution in [3.05, 3.63) is 24.3 Å². The fraction of sp³-hybridized carbons (Fsp3) is 0.805. The van der Waals surface area contributed by atoms with Crippen molar-refractivity contribution < 1.29 is 72.4 Å². The molecular formula is C41H67NO15. The summed E-state index contributed by atoms with van der Waals surface area (Å²) in [6.45, 7) is 11.8. The Hall–Kier alpha value is -2.80. The molecule has 3 N–H and O–H groups in total. The summed E-state index contributed by atoms with van der Waals surface area (Å²) in [7, 11) is 4.86. The van der Waals surface area contributed by atoms with Crippen LogP contribution in [0.25, 0.3) is 0 Å². The monoisotopic (exact) mass is 813 g/mol. The molecule has 0 aliphatic carbocycles. The minimum absolute atomic E-state index is 0.000633. The number of methoxy groups -OCH3 is 1. The number of aldehydes is 1. The van der Waals surface area contributed by atoms with Crippen molar-refractivity contribution in [3.8, 4) is 0 Å². The van der Waals surface area contributed by atoms with Crippen LogP contribution in [0.5, 0.6) is 0 Å². The molecule has 3 rings (SSSR count). The van der Waals surface area contributed by atoms with E-state index in [2.05, 4.69) is 0 Å². The van der Waals surface area contributed by atoms with Crippen molar-refractivity contribution in [2.45, 2.75) is 179 Å². The van der Waals surface area contributed by atoms with Gasteiger partial charge in [-0.2, -0.15) is 0 Å². The molecule has 0 aromatic heterocycles. The van der Waals surface area contributed by atoms with Crippen molar-refractivity contribution >= 4 is 24.2 Å². The molecule has 2 saturated heterocycles. The number of rotatable bonds is 12. The molecule has 3 aliphatic rings. The van der Waals surface area contributed by atoms with Gasteiger partial charge in [-0.3, -0.25) is 14.4 Å². The van der Waals surface area contributed by atoms with Gasteiger partial charge in [-0.05, 0) is 60.0 Å². The third-order valence-electron chi connectivity index (χ3n) is 10.9. The van der Waals surface area contributed by atoms with Gasteiger partial charge >= 0.3 is 17.9 Å². The van der Waals surface area contributed by atoms with Crippen molar-refractivity contribution in [1.29, 1.82) is 0 Å². The predicted octanol–water partition coefficient (Wildman–Crippen LogP) is 2.77. The van der Waals surface area contributed by atoms with E-state index in [-0.39, 0.29) is 32.1 Å². The number of hydrogen-bond donors (Lipinski definition) is 3. The number of allylic oxidation sites excluding steroid dienone is 2. The summed E-state index contributed by atoms with van der Waals surface area (Å²) in [6.07, 6.45) is -4.08. The molecule has 2 fully saturated rings. The van der Waals surface area contributed by atoms with E-state index < -0.39 is 121 Å². The SMILES string of the molecule is CCC(=O)O[C@@H]1CC(=O)O[C@H](C)C/C=C/C=C\[C@H](O)[C@H](C)C[C@H](CC=O)[C@H](O[C@@H]2O[C@H](C)[C@@H](O[C@H]3C[C@@](C)(O)[C@@H](OC(=O)CC)[C@H](C)O3)[C@H](N(C)C)[C@H]2O)[C@H]1OC. The molecule has 0 radical (unpaired) electrons. The third kappa shape index (κ3) is 13.6. The highest BCUT2D eigenvalue weighted by molar-refractivity contribution is 5.72. The Kier molecular flexibility index (Phi) is 19.2. The van der Waals surface area contributed by atoms with Gasteiger partial charge in [0.2, 0.25) is 0 Å². The maximum absolute atomic E-state index is 13.3. The van der Waals surface area contributed by atoms with E-state index in [0.29, 0.717) is 12.7 Å². The second kappa shape index (κ2) is 22.5. The molecule has 0 saturated carbocycles. The summed E-state index contributed by atoms with van der Waals surface area (Å²) in [5, 5.41) is 34.5. The number of likely N-dealkylation sites (N-methyl/N-ethyl adjacent to an activating group) is 1. The van der Waals surface area contributed by atoms with Gasteiger partial charge in [0.15, 0.2) is 18.7 Å². The van der Waals surface area contributed by atoms with Crippen molar-refractivity contribution in [2.24, 2.45) is 11.8 Å². The number of carbonyl (C=O) groups is 4. The van der Waals surface area contributed by atoms with Crippen LogP contribution in [0.2, 0.25) is 0 Å². The van der Waals surface area contributed by atoms with E-state index in [0.717, 1.165) is 0 Å². The first-order chi connectivity index (χ1) is 26.9. The van der Waals surface area contributed by atoms with E-state index in [4.69, 9.17) is 37.9 Å². The first-order valence-electron chi connectivity index (χ1n) is 20.1. The molecule has 57 heavy (non-hydrogen) atoms. The highest BCUT2D eigenvalue weighted by Crippen LogP contribution is 2.37. The zero-order valence-electron chi connectivity index (χ0n) is 35.2. The lowest BCUT2D eigenvalue weighted by Crippen LogP contribution is -2.66. The first kappa shape index (κ1) is 48.6. The number of hydrogen-bond acceptors (Lipinski definition) is 16. The smallest absolute Gasteiger partial charge is 0.309 e. The van der Waals surface area contributed by atoms with Crippen molar-refractivity contribution in [2.75, 3.05) is 21.2 Å². The Morgan fingerprint density at radius 1 is 0.965 bits per heavy atom. The van der Waals surface area contributed by atoms with Crippen molar-refractivity contribution in [1.82, 2.24) is 4.90 Å². The van der Waals surface area contributed by atoms with Gasteiger partial charge in [0, 0.05) is 39.2 Å². The van der Waals surface area contributed by atoms with Gasteiger partial charge in [-0.25, -0.2) is 0 Å². The van der Waals surface area contributed by atoms with E-state index in [1.54, 1.807) is 78.8 Å². The van der Waals surface area contributed by atoms with Gasteiger partial charge < -0.3 is 62.9 Å². The molecule has 0 spiro atoms. The topological polar surface area (TPSA) is 206 Å². The minimum Gasteiger partial charge on any atom is -0.462 e. The van der Waals surface area contributed by atoms with E-state index >= 15 is 0 Å². The molecule has 0 aromatic carbocycles. The number of nitrogens with zero attached hydrogens (tertiary/aromatic N) is 1. The predicted molar refractivity (Wildman–Crippen MR) is 205 cm³/mol. The molecule has 16 atom stereocenters. The standard InChI is InChI=1S/C41H67NO15/c1-11-30(45)54-29-21-32(47)51-24(4)16-14-13-15-17-28(44)23(3)20-27(18-19-43)37(38(29)50-10)57-40-35(48)34(42(8)9)36(25(5)53-40)56-33-22-41(7,49)39(26(6)52-33)55-31(46)12-2/h13-15,17,19,23-29,33-40,44,48-49H,11-12,16,18,20-22H2,1-10H3/b14-13+,17-15-/t23-,24-,25-,26+,27+,28+,29-,33+,34-,35-,36-,37+,38+,39+,40+,41-/m1/s1. The second-order valence-electron chi connectivity index (χ2n) is 16.0. The molecule has 0 bridgehead atoms. The zero-order chi connectivity index (χ0) is 42.6. The molecule has 16 heteroatoms. The Morgan fingerprint density at radius 2 is 1.63 bits per heavy atom. The first-order valence-corrected chi connectivity index (χ1v) is 20.1. The van der Waals surface area contributed by atoms with Crippen LogP contribution in [0.3, 0.4) is 0 Å². The van der Waals surface area contributed by atoms with E-state index in [1.165, 1.54) is 7.11 Å². The summed E-state index contributed by atoms with van der Waals surface area (Å²) >= 11 is 0. The number of cyclic esters (lactones) is 1. The minimum atomic E-state index is -1.49. The number of carbonyl (C=O) groups excluding carboxylic acids is 4. The highest BCUT2D eigenvalue weighted by Gasteiger charge is 2.53. The third-order valence-corrected chi connectivity index (χ3v) is 10.9. The Bertz CT molecular complexity index is 1350. The second-order valence-corrected chi connectivity index (χ2v) is 16.0. The quantitative estimate of drug-likeness (QED) is 0.147. The molecule has 16 nitrogen and oxygen atoms in total. The normalized spacial score (nSPS) is 41.1. The zero-order valence-corrected chi connectivity index (χ0v) is 35.2.